The van der Waals surface area contributed by atoms with Crippen molar-refractivity contribution in [2.24, 2.45) is 0 Å². The van der Waals surface area contributed by atoms with Gasteiger partial charge in [0.2, 0.25) is 21.8 Å². The Morgan fingerprint density at radius 3 is 2.45 bits per heavy atom. The quantitative estimate of drug-likeness (QED) is 0.605. The monoisotopic (exact) mass is 475 g/mol. The maximum Gasteiger partial charge on any atom is 0.243 e. The Kier molecular flexibility index (Phi) is 7.45. The van der Waals surface area contributed by atoms with Crippen LogP contribution in [-0.2, 0) is 27.8 Å². The molecule has 0 N–H and O–H groups in total. The predicted molar refractivity (Wildman–Crippen MR) is 123 cm³/mol. The zero-order chi connectivity index (χ0) is 23.4. The van der Waals surface area contributed by atoms with E-state index < -0.39 is 10.0 Å². The Labute approximate surface area is 195 Å². The fourth-order valence-electron chi connectivity index (χ4n) is 4.53. The van der Waals surface area contributed by atoms with E-state index in [9.17, 15) is 13.2 Å². The molecule has 3 heterocycles. The lowest BCUT2D eigenvalue weighted by Crippen LogP contribution is -2.48. The predicted octanol–water partition coefficient (Wildman–Crippen LogP) is 2.14. The zero-order valence-electron chi connectivity index (χ0n) is 19.5. The molecule has 1 amide bonds. The Balaban J connectivity index is 1.26. The lowest BCUT2D eigenvalue weighted by atomic mass is 10.1. The Bertz CT molecular complexity index is 1070. The summed E-state index contributed by atoms with van der Waals surface area (Å²) in [6.07, 6.45) is 4.19. The van der Waals surface area contributed by atoms with E-state index in [4.69, 9.17) is 4.52 Å². The van der Waals surface area contributed by atoms with Crippen molar-refractivity contribution in [3.05, 3.63) is 41.0 Å². The molecule has 0 unspecified atom stereocenters. The van der Waals surface area contributed by atoms with Gasteiger partial charge in [-0.3, -0.25) is 9.69 Å². The number of hydrogen-bond acceptors (Lipinski definition) is 7. The van der Waals surface area contributed by atoms with Crippen molar-refractivity contribution in [2.75, 3.05) is 39.3 Å². The number of carbonyl (C=O) groups excluding carboxylic acids is 1. The number of likely N-dealkylation sites (tertiary alicyclic amines) is 1. The van der Waals surface area contributed by atoms with E-state index in [0.717, 1.165) is 37.1 Å². The summed E-state index contributed by atoms with van der Waals surface area (Å²) in [5.41, 5.74) is 1.82. The molecule has 2 aliphatic heterocycles. The number of nitrogens with zero attached hydrogens (tertiary/aromatic N) is 5. The van der Waals surface area contributed by atoms with Gasteiger partial charge in [-0.15, -0.1) is 0 Å². The van der Waals surface area contributed by atoms with Gasteiger partial charge in [-0.05, 0) is 44.7 Å². The summed E-state index contributed by atoms with van der Waals surface area (Å²) in [6.45, 7) is 8.03. The second-order valence-corrected chi connectivity index (χ2v) is 10.9. The molecule has 1 aromatic carbocycles. The Hall–Kier alpha value is -2.30. The molecule has 33 heavy (non-hydrogen) atoms. The van der Waals surface area contributed by atoms with Crippen LogP contribution in [0.15, 0.2) is 27.6 Å². The van der Waals surface area contributed by atoms with Crippen LogP contribution in [0.2, 0.25) is 0 Å². The van der Waals surface area contributed by atoms with Gasteiger partial charge in [0.25, 0.3) is 0 Å². The highest BCUT2D eigenvalue weighted by atomic mass is 32.2. The Morgan fingerprint density at radius 1 is 1.03 bits per heavy atom. The minimum absolute atomic E-state index is 0.149. The van der Waals surface area contributed by atoms with Crippen molar-refractivity contribution in [2.45, 2.75) is 57.4 Å². The van der Waals surface area contributed by atoms with Crippen molar-refractivity contribution < 1.29 is 17.7 Å². The lowest BCUT2D eigenvalue weighted by molar-refractivity contribution is -0.132. The molecule has 9 nitrogen and oxygen atoms in total. The number of piperazine rings is 1. The zero-order valence-corrected chi connectivity index (χ0v) is 20.3. The van der Waals surface area contributed by atoms with Gasteiger partial charge in [0.15, 0.2) is 5.82 Å². The van der Waals surface area contributed by atoms with Crippen LogP contribution in [0.1, 0.15) is 48.5 Å². The van der Waals surface area contributed by atoms with Gasteiger partial charge in [-0.1, -0.05) is 22.9 Å². The highest BCUT2D eigenvalue weighted by molar-refractivity contribution is 7.89. The first kappa shape index (κ1) is 23.8. The van der Waals surface area contributed by atoms with Crippen LogP contribution >= 0.6 is 0 Å². The molecular formula is C23H33N5O4S. The van der Waals surface area contributed by atoms with E-state index in [-0.39, 0.29) is 5.91 Å². The van der Waals surface area contributed by atoms with Crippen molar-refractivity contribution in [1.29, 1.82) is 0 Å². The fourth-order valence-corrected chi connectivity index (χ4v) is 6.16. The molecule has 0 atom stereocenters. The SMILES string of the molecule is Cc1ccc(S(=O)(=O)N2CCN(Cc3noc(CCC(=O)N4CCCCC4)n3)CC2)c(C)c1. The standard InChI is InChI=1S/C23H33N5O4S/c1-18-6-7-20(19(2)16-18)33(30,31)28-14-12-26(13-15-28)17-21-24-22(32-25-21)8-9-23(29)27-10-4-3-5-11-27/h6-7,16H,3-5,8-15,17H2,1-2H3. The molecule has 0 radical (unpaired) electrons. The van der Waals surface area contributed by atoms with E-state index in [1.54, 1.807) is 10.4 Å². The van der Waals surface area contributed by atoms with E-state index >= 15 is 0 Å². The molecule has 0 spiro atoms. The second-order valence-electron chi connectivity index (χ2n) is 8.99. The molecule has 2 aromatic rings. The molecule has 1 aromatic heterocycles. The molecule has 2 saturated heterocycles. The lowest BCUT2D eigenvalue weighted by Gasteiger charge is -2.33. The van der Waals surface area contributed by atoms with Gasteiger partial charge in [0.05, 0.1) is 11.4 Å². The maximum atomic E-state index is 13.1. The van der Waals surface area contributed by atoms with Crippen LogP contribution in [0.4, 0.5) is 0 Å². The maximum absolute atomic E-state index is 13.1. The average Bonchev–Trinajstić information content (AvgIpc) is 3.25. The van der Waals surface area contributed by atoms with E-state index in [1.165, 1.54) is 6.42 Å². The van der Waals surface area contributed by atoms with Gasteiger partial charge in [-0.25, -0.2) is 8.42 Å². The number of sulfonamides is 1. The second kappa shape index (κ2) is 10.3. The summed E-state index contributed by atoms with van der Waals surface area (Å²) in [4.78, 5) is 21.2. The third-order valence-electron chi connectivity index (χ3n) is 6.42. The summed E-state index contributed by atoms with van der Waals surface area (Å²) >= 11 is 0. The van der Waals surface area contributed by atoms with Gasteiger partial charge < -0.3 is 9.42 Å². The van der Waals surface area contributed by atoms with Crippen LogP contribution in [0, 0.1) is 13.8 Å². The largest absolute Gasteiger partial charge is 0.343 e. The summed E-state index contributed by atoms with van der Waals surface area (Å²) in [7, 11) is -3.51. The van der Waals surface area contributed by atoms with Crippen LogP contribution in [0.3, 0.4) is 0 Å². The highest BCUT2D eigenvalue weighted by Gasteiger charge is 2.30. The molecule has 4 rings (SSSR count). The number of rotatable bonds is 7. The molecule has 2 aliphatic rings. The Morgan fingerprint density at radius 2 is 1.76 bits per heavy atom. The smallest absolute Gasteiger partial charge is 0.243 e. The number of hydrogen-bond donors (Lipinski definition) is 0. The van der Waals surface area contributed by atoms with Gasteiger partial charge in [-0.2, -0.15) is 9.29 Å². The van der Waals surface area contributed by atoms with E-state index in [1.807, 2.05) is 30.9 Å². The molecule has 0 saturated carbocycles. The van der Waals surface area contributed by atoms with Crippen LogP contribution in [0.25, 0.3) is 0 Å². The van der Waals surface area contributed by atoms with Crippen molar-refractivity contribution in [3.8, 4) is 0 Å². The number of aryl methyl sites for hydroxylation is 3. The molecule has 10 heteroatoms. The molecular weight excluding hydrogens is 442 g/mol. The summed E-state index contributed by atoms with van der Waals surface area (Å²) in [5, 5.41) is 4.05. The first-order chi connectivity index (χ1) is 15.8. The van der Waals surface area contributed by atoms with E-state index in [2.05, 4.69) is 15.0 Å². The molecule has 2 fully saturated rings. The van der Waals surface area contributed by atoms with Crippen LogP contribution in [0.5, 0.6) is 0 Å². The third-order valence-corrected chi connectivity index (χ3v) is 8.48. The summed E-state index contributed by atoms with van der Waals surface area (Å²) in [6, 6.07) is 5.43. The number of piperidine rings is 1. The normalized spacial score (nSPS) is 18.5. The molecule has 0 bridgehead atoms. The third kappa shape index (κ3) is 5.80. The average molecular weight is 476 g/mol. The minimum atomic E-state index is -3.51. The number of benzene rings is 1. The van der Waals surface area contributed by atoms with Crippen molar-refractivity contribution >= 4 is 15.9 Å². The fraction of sp³-hybridized carbons (Fsp3) is 0.609. The number of carbonyl (C=O) groups is 1. The molecule has 180 valence electrons. The number of aromatic nitrogens is 2. The van der Waals surface area contributed by atoms with Gasteiger partial charge in [0, 0.05) is 52.1 Å². The number of amides is 1. The first-order valence-corrected chi connectivity index (χ1v) is 13.2. The van der Waals surface area contributed by atoms with Crippen LogP contribution in [-0.4, -0.2) is 77.8 Å². The van der Waals surface area contributed by atoms with Gasteiger partial charge in [0.1, 0.15) is 0 Å². The van der Waals surface area contributed by atoms with Crippen molar-refractivity contribution in [1.82, 2.24) is 24.2 Å². The summed E-state index contributed by atoms with van der Waals surface area (Å²) in [5.74, 6) is 1.20. The highest BCUT2D eigenvalue weighted by Crippen LogP contribution is 2.22. The molecule has 0 aliphatic carbocycles. The minimum Gasteiger partial charge on any atom is -0.343 e. The van der Waals surface area contributed by atoms with Gasteiger partial charge >= 0.3 is 0 Å². The summed E-state index contributed by atoms with van der Waals surface area (Å²) < 4.78 is 33.0. The van der Waals surface area contributed by atoms with E-state index in [0.29, 0.717) is 62.2 Å². The van der Waals surface area contributed by atoms with Crippen LogP contribution < -0.4 is 0 Å². The first-order valence-electron chi connectivity index (χ1n) is 11.7. The van der Waals surface area contributed by atoms with Crippen molar-refractivity contribution in [3.63, 3.8) is 0 Å². The topological polar surface area (TPSA) is 99.8 Å².